The number of halogens is 1. The maximum absolute atomic E-state index is 13.3. The van der Waals surface area contributed by atoms with Crippen LogP contribution in [0.15, 0.2) is 24.3 Å². The lowest BCUT2D eigenvalue weighted by Crippen LogP contribution is -2.50. The second kappa shape index (κ2) is 6.79. The molecule has 0 unspecified atom stereocenters. The van der Waals surface area contributed by atoms with E-state index in [-0.39, 0.29) is 17.6 Å². The summed E-state index contributed by atoms with van der Waals surface area (Å²) in [5, 5.41) is 4.71. The van der Waals surface area contributed by atoms with Crippen molar-refractivity contribution in [2.24, 2.45) is 0 Å². The molecule has 0 radical (unpaired) electrons. The molecule has 0 spiro atoms. The summed E-state index contributed by atoms with van der Waals surface area (Å²) in [4.78, 5) is 28.3. The number of hydrogen-bond acceptors (Lipinski definition) is 3. The third-order valence-corrected chi connectivity index (χ3v) is 5.40. The molecule has 2 aliphatic rings. The maximum Gasteiger partial charge on any atom is 0.257 e. The lowest BCUT2D eigenvalue weighted by Gasteiger charge is -2.34. The summed E-state index contributed by atoms with van der Waals surface area (Å²) >= 11 is 0. The summed E-state index contributed by atoms with van der Waals surface area (Å²) in [6, 6.07) is 6.14. The zero-order valence-electron chi connectivity index (χ0n) is 15.6. The van der Waals surface area contributed by atoms with Gasteiger partial charge in [0.1, 0.15) is 5.82 Å². The second-order valence-electron chi connectivity index (χ2n) is 7.31. The molecule has 0 atom stereocenters. The van der Waals surface area contributed by atoms with Crippen molar-refractivity contribution >= 4 is 11.8 Å². The van der Waals surface area contributed by atoms with Crippen molar-refractivity contribution < 1.29 is 14.0 Å². The van der Waals surface area contributed by atoms with E-state index in [2.05, 4.69) is 0 Å². The molecular formula is C20H23FN4O2. The smallest absolute Gasteiger partial charge is 0.257 e. The third-order valence-electron chi connectivity index (χ3n) is 5.40. The molecule has 2 amide bonds. The lowest BCUT2D eigenvalue weighted by atomic mass is 10.1. The van der Waals surface area contributed by atoms with Crippen molar-refractivity contribution in [1.82, 2.24) is 19.6 Å². The Morgan fingerprint density at radius 3 is 2.19 bits per heavy atom. The van der Waals surface area contributed by atoms with Gasteiger partial charge in [-0.05, 0) is 44.0 Å². The van der Waals surface area contributed by atoms with E-state index < -0.39 is 0 Å². The number of hydrogen-bond donors (Lipinski definition) is 0. The van der Waals surface area contributed by atoms with Gasteiger partial charge in [-0.1, -0.05) is 0 Å². The van der Waals surface area contributed by atoms with Crippen molar-refractivity contribution in [2.45, 2.75) is 32.6 Å². The van der Waals surface area contributed by atoms with E-state index in [1.165, 1.54) is 12.1 Å². The predicted octanol–water partition coefficient (Wildman–Crippen LogP) is 2.50. The number of nitrogens with zero attached hydrogens (tertiary/aromatic N) is 4. The summed E-state index contributed by atoms with van der Waals surface area (Å²) in [5.74, 6) is 0.0421. The van der Waals surface area contributed by atoms with Crippen LogP contribution in [0.1, 0.15) is 47.4 Å². The molecule has 2 heterocycles. The topological polar surface area (TPSA) is 58.4 Å². The molecule has 1 aromatic heterocycles. The first-order chi connectivity index (χ1) is 13.0. The molecule has 0 bridgehead atoms. The average molecular weight is 370 g/mol. The van der Waals surface area contributed by atoms with Gasteiger partial charge < -0.3 is 9.80 Å². The van der Waals surface area contributed by atoms with Crippen LogP contribution in [-0.4, -0.2) is 57.6 Å². The number of carbonyl (C=O) groups excluding carboxylic acids is 2. The highest BCUT2D eigenvalue weighted by atomic mass is 19.1. The fraction of sp³-hybridized carbons (Fsp3) is 0.450. The van der Waals surface area contributed by atoms with E-state index in [4.69, 9.17) is 5.10 Å². The Balaban J connectivity index is 1.65. The Morgan fingerprint density at radius 1 is 1.04 bits per heavy atom. The highest BCUT2D eigenvalue weighted by molar-refractivity contribution is 5.97. The highest BCUT2D eigenvalue weighted by Crippen LogP contribution is 2.42. The molecule has 0 N–H and O–H groups in total. The highest BCUT2D eigenvalue weighted by Gasteiger charge is 2.36. The first kappa shape index (κ1) is 17.7. The van der Waals surface area contributed by atoms with E-state index in [9.17, 15) is 14.0 Å². The number of aromatic nitrogens is 2. The molecule has 1 aromatic carbocycles. The van der Waals surface area contributed by atoms with Crippen molar-refractivity contribution in [3.8, 4) is 5.69 Å². The first-order valence-electron chi connectivity index (χ1n) is 9.36. The number of rotatable bonds is 3. The van der Waals surface area contributed by atoms with Crippen LogP contribution in [0.5, 0.6) is 0 Å². The zero-order valence-corrected chi connectivity index (χ0v) is 15.6. The normalized spacial score (nSPS) is 17.3. The Hall–Kier alpha value is -2.70. The minimum Gasteiger partial charge on any atom is -0.339 e. The van der Waals surface area contributed by atoms with Crippen LogP contribution in [-0.2, 0) is 4.79 Å². The van der Waals surface area contributed by atoms with Crippen molar-refractivity contribution in [3.63, 3.8) is 0 Å². The van der Waals surface area contributed by atoms with E-state index >= 15 is 0 Å². The maximum atomic E-state index is 13.3. The second-order valence-corrected chi connectivity index (χ2v) is 7.31. The van der Waals surface area contributed by atoms with Crippen LogP contribution >= 0.6 is 0 Å². The van der Waals surface area contributed by atoms with Gasteiger partial charge in [-0.2, -0.15) is 5.10 Å². The van der Waals surface area contributed by atoms with Gasteiger partial charge in [0.05, 0.1) is 22.6 Å². The third kappa shape index (κ3) is 3.34. The molecule has 2 aromatic rings. The zero-order chi connectivity index (χ0) is 19.1. The summed E-state index contributed by atoms with van der Waals surface area (Å²) < 4.78 is 15.0. The van der Waals surface area contributed by atoms with Gasteiger partial charge in [-0.3, -0.25) is 9.59 Å². The minimum atomic E-state index is -0.300. The van der Waals surface area contributed by atoms with E-state index in [0.717, 1.165) is 29.9 Å². The molecule has 4 rings (SSSR count). The fourth-order valence-electron chi connectivity index (χ4n) is 3.65. The Bertz CT molecular complexity index is 878. The summed E-state index contributed by atoms with van der Waals surface area (Å²) in [5.41, 5.74) is 3.03. The predicted molar refractivity (Wildman–Crippen MR) is 98.4 cm³/mol. The van der Waals surface area contributed by atoms with Crippen LogP contribution in [0, 0.1) is 12.7 Å². The van der Waals surface area contributed by atoms with E-state index in [1.807, 2.05) is 11.8 Å². The fourth-order valence-corrected chi connectivity index (χ4v) is 3.65. The lowest BCUT2D eigenvalue weighted by molar-refractivity contribution is -0.130. The van der Waals surface area contributed by atoms with Crippen LogP contribution in [0.25, 0.3) is 5.69 Å². The Labute approximate surface area is 157 Å². The molecule has 1 aliphatic carbocycles. The van der Waals surface area contributed by atoms with Crippen LogP contribution in [0.2, 0.25) is 0 Å². The van der Waals surface area contributed by atoms with Gasteiger partial charge in [0, 0.05) is 39.0 Å². The van der Waals surface area contributed by atoms with E-state index in [0.29, 0.717) is 37.7 Å². The van der Waals surface area contributed by atoms with E-state index in [1.54, 1.807) is 28.6 Å². The number of carbonyl (C=O) groups is 2. The Morgan fingerprint density at radius 2 is 1.63 bits per heavy atom. The standard InChI is InChI=1S/C20H23FN4O2/c1-13-18(20(27)24-11-9-23(10-12-24)14(2)26)19(15-3-4-15)22-25(13)17-7-5-16(21)6-8-17/h5-8,15H,3-4,9-12H2,1-2H3. The van der Waals surface area contributed by atoms with Gasteiger partial charge in [-0.25, -0.2) is 9.07 Å². The summed E-state index contributed by atoms with van der Waals surface area (Å²) in [7, 11) is 0. The number of piperazine rings is 1. The first-order valence-corrected chi connectivity index (χ1v) is 9.36. The van der Waals surface area contributed by atoms with Gasteiger partial charge in [0.2, 0.25) is 5.91 Å². The monoisotopic (exact) mass is 370 g/mol. The van der Waals surface area contributed by atoms with Gasteiger partial charge in [0.15, 0.2) is 0 Å². The van der Waals surface area contributed by atoms with Gasteiger partial charge >= 0.3 is 0 Å². The molecule has 1 saturated heterocycles. The molecule has 1 saturated carbocycles. The largest absolute Gasteiger partial charge is 0.339 e. The minimum absolute atomic E-state index is 0.0223. The summed E-state index contributed by atoms with van der Waals surface area (Å²) in [6.07, 6.45) is 2.08. The van der Waals surface area contributed by atoms with Crippen molar-refractivity contribution in [3.05, 3.63) is 47.0 Å². The van der Waals surface area contributed by atoms with Crippen LogP contribution in [0.4, 0.5) is 4.39 Å². The number of benzene rings is 1. The molecular weight excluding hydrogens is 347 g/mol. The Kier molecular flexibility index (Phi) is 4.45. The molecule has 2 fully saturated rings. The summed E-state index contributed by atoms with van der Waals surface area (Å²) in [6.45, 7) is 5.63. The van der Waals surface area contributed by atoms with Crippen molar-refractivity contribution in [2.75, 3.05) is 26.2 Å². The molecule has 1 aliphatic heterocycles. The van der Waals surface area contributed by atoms with Crippen LogP contribution < -0.4 is 0 Å². The molecule has 142 valence electrons. The van der Waals surface area contributed by atoms with Gasteiger partial charge in [-0.15, -0.1) is 0 Å². The van der Waals surface area contributed by atoms with Crippen LogP contribution in [0.3, 0.4) is 0 Å². The SMILES string of the molecule is CC(=O)N1CCN(C(=O)c2c(C3CC3)nn(-c3ccc(F)cc3)c2C)CC1. The quantitative estimate of drug-likeness (QED) is 0.834. The average Bonchev–Trinajstić information content (AvgIpc) is 3.45. The van der Waals surface area contributed by atoms with Crippen molar-refractivity contribution in [1.29, 1.82) is 0 Å². The molecule has 7 heteroatoms. The molecule has 27 heavy (non-hydrogen) atoms. The molecule has 6 nitrogen and oxygen atoms in total. The number of amides is 2. The van der Waals surface area contributed by atoms with Gasteiger partial charge in [0.25, 0.3) is 5.91 Å².